The highest BCUT2D eigenvalue weighted by molar-refractivity contribution is 6.33. The molecule has 0 amide bonds. The van der Waals surface area contributed by atoms with Gasteiger partial charge in [-0.3, -0.25) is 4.99 Å². The zero-order chi connectivity index (χ0) is 21.0. The molecule has 1 heterocycles. The third kappa shape index (κ3) is 4.51. The minimum Gasteiger partial charge on any atom is -0.494 e. The predicted molar refractivity (Wildman–Crippen MR) is 116 cm³/mol. The molecule has 5 nitrogen and oxygen atoms in total. The van der Waals surface area contributed by atoms with Gasteiger partial charge in [-0.25, -0.2) is 4.79 Å². The normalized spacial score (nSPS) is 11.1. The van der Waals surface area contributed by atoms with E-state index in [1.165, 1.54) is 7.11 Å². The van der Waals surface area contributed by atoms with Gasteiger partial charge < -0.3 is 14.0 Å². The van der Waals surface area contributed by atoms with E-state index in [4.69, 9.17) is 21.1 Å². The number of rotatable bonds is 6. The average Bonchev–Trinajstić information content (AvgIpc) is 3.00. The third-order valence-corrected chi connectivity index (χ3v) is 4.90. The molecule has 0 aliphatic heterocycles. The van der Waals surface area contributed by atoms with Crippen LogP contribution in [0.3, 0.4) is 0 Å². The maximum atomic E-state index is 11.6. The number of halogens is 1. The third-order valence-electron chi connectivity index (χ3n) is 4.59. The Hall–Kier alpha value is -3.05. The molecule has 3 aromatic rings. The standard InChI is InChI=1S/C23H23ClN2O3/c1-5-29-20-9-7-19(8-10-20)26-15(2)12-17(16(26)3)14-25-18-6-11-21(22(24)13-18)23(27)28-4/h6-14H,5H2,1-4H3. The second-order valence-corrected chi connectivity index (χ2v) is 6.91. The van der Waals surface area contributed by atoms with Gasteiger partial charge in [-0.05, 0) is 69.3 Å². The van der Waals surface area contributed by atoms with E-state index in [0.29, 0.717) is 22.9 Å². The highest BCUT2D eigenvalue weighted by Gasteiger charge is 2.12. The van der Waals surface area contributed by atoms with Crippen LogP contribution >= 0.6 is 11.6 Å². The zero-order valence-electron chi connectivity index (χ0n) is 16.9. The summed E-state index contributed by atoms with van der Waals surface area (Å²) in [4.78, 5) is 16.2. The SMILES string of the molecule is CCOc1ccc(-n2c(C)cc(C=Nc3ccc(C(=O)OC)c(Cl)c3)c2C)cc1. The Morgan fingerprint density at radius 1 is 1.14 bits per heavy atom. The summed E-state index contributed by atoms with van der Waals surface area (Å²) in [6, 6.07) is 15.1. The van der Waals surface area contributed by atoms with E-state index >= 15 is 0 Å². The molecule has 3 rings (SSSR count). The van der Waals surface area contributed by atoms with Crippen LogP contribution in [0.1, 0.15) is 34.2 Å². The molecule has 0 fully saturated rings. The summed E-state index contributed by atoms with van der Waals surface area (Å²) in [5.74, 6) is 0.386. The maximum absolute atomic E-state index is 11.6. The van der Waals surface area contributed by atoms with E-state index in [0.717, 1.165) is 28.4 Å². The van der Waals surface area contributed by atoms with Crippen LogP contribution in [-0.2, 0) is 4.74 Å². The minimum atomic E-state index is -0.468. The zero-order valence-corrected chi connectivity index (χ0v) is 17.7. The molecule has 0 bridgehead atoms. The lowest BCUT2D eigenvalue weighted by Crippen LogP contribution is -2.01. The number of methoxy groups -OCH3 is 1. The topological polar surface area (TPSA) is 52.8 Å². The Morgan fingerprint density at radius 3 is 2.48 bits per heavy atom. The molecule has 0 radical (unpaired) electrons. The number of aryl methyl sites for hydroxylation is 1. The van der Waals surface area contributed by atoms with E-state index in [-0.39, 0.29) is 0 Å². The summed E-state index contributed by atoms with van der Waals surface area (Å²) in [5.41, 5.74) is 5.23. The van der Waals surface area contributed by atoms with Gasteiger partial charge in [0.2, 0.25) is 0 Å². The Kier molecular flexibility index (Phi) is 6.39. The van der Waals surface area contributed by atoms with Crippen LogP contribution in [0.25, 0.3) is 5.69 Å². The molecule has 0 aliphatic carbocycles. The first-order chi connectivity index (χ1) is 13.9. The fourth-order valence-corrected chi connectivity index (χ4v) is 3.43. The minimum absolute atomic E-state index is 0.311. The summed E-state index contributed by atoms with van der Waals surface area (Å²) < 4.78 is 12.4. The number of aromatic nitrogens is 1. The molecule has 0 spiro atoms. The van der Waals surface area contributed by atoms with Crippen molar-refractivity contribution in [2.45, 2.75) is 20.8 Å². The predicted octanol–water partition coefficient (Wildman–Crippen LogP) is 5.68. The average molecular weight is 411 g/mol. The largest absolute Gasteiger partial charge is 0.494 e. The number of esters is 1. The lowest BCUT2D eigenvalue weighted by Gasteiger charge is -2.11. The molecular weight excluding hydrogens is 388 g/mol. The van der Waals surface area contributed by atoms with Crippen LogP contribution in [0.4, 0.5) is 5.69 Å². The van der Waals surface area contributed by atoms with Gasteiger partial charge in [0.15, 0.2) is 0 Å². The van der Waals surface area contributed by atoms with Crippen LogP contribution in [0.2, 0.25) is 5.02 Å². The lowest BCUT2D eigenvalue weighted by molar-refractivity contribution is 0.0601. The number of carbonyl (C=O) groups is 1. The van der Waals surface area contributed by atoms with Gasteiger partial charge in [-0.15, -0.1) is 0 Å². The van der Waals surface area contributed by atoms with Crippen LogP contribution in [0.5, 0.6) is 5.75 Å². The molecule has 0 atom stereocenters. The number of ether oxygens (including phenoxy) is 2. The molecule has 0 saturated carbocycles. The molecule has 150 valence electrons. The van der Waals surface area contributed by atoms with Crippen molar-refractivity contribution < 1.29 is 14.3 Å². The van der Waals surface area contributed by atoms with Crippen molar-refractivity contribution >= 4 is 29.5 Å². The number of aliphatic imine (C=N–C) groups is 1. The van der Waals surface area contributed by atoms with Crippen molar-refractivity contribution in [3.05, 3.63) is 76.1 Å². The number of benzene rings is 2. The first-order valence-corrected chi connectivity index (χ1v) is 9.66. The first kappa shape index (κ1) is 20.7. The molecular formula is C23H23ClN2O3. The Morgan fingerprint density at radius 2 is 1.86 bits per heavy atom. The molecule has 0 saturated heterocycles. The lowest BCUT2D eigenvalue weighted by atomic mass is 10.2. The second-order valence-electron chi connectivity index (χ2n) is 6.50. The highest BCUT2D eigenvalue weighted by atomic mass is 35.5. The number of hydrogen-bond donors (Lipinski definition) is 0. The number of nitrogens with zero attached hydrogens (tertiary/aromatic N) is 2. The molecule has 29 heavy (non-hydrogen) atoms. The smallest absolute Gasteiger partial charge is 0.339 e. The quantitative estimate of drug-likeness (QED) is 0.388. The summed E-state index contributed by atoms with van der Waals surface area (Å²) in [6.45, 7) is 6.73. The number of carbonyl (C=O) groups excluding carboxylic acids is 1. The fourth-order valence-electron chi connectivity index (χ4n) is 3.18. The van der Waals surface area contributed by atoms with Gasteiger partial charge in [-0.2, -0.15) is 0 Å². The summed E-state index contributed by atoms with van der Waals surface area (Å²) in [6.07, 6.45) is 1.80. The monoisotopic (exact) mass is 410 g/mol. The van der Waals surface area contributed by atoms with Gasteiger partial charge >= 0.3 is 5.97 Å². The highest BCUT2D eigenvalue weighted by Crippen LogP contribution is 2.25. The van der Waals surface area contributed by atoms with E-state index in [1.807, 2.05) is 31.2 Å². The molecule has 0 N–H and O–H groups in total. The number of hydrogen-bond acceptors (Lipinski definition) is 4. The molecule has 0 aliphatic rings. The van der Waals surface area contributed by atoms with E-state index < -0.39 is 5.97 Å². The van der Waals surface area contributed by atoms with Crippen molar-refractivity contribution in [2.75, 3.05) is 13.7 Å². The molecule has 0 unspecified atom stereocenters. The van der Waals surface area contributed by atoms with Crippen molar-refractivity contribution in [2.24, 2.45) is 4.99 Å². The van der Waals surface area contributed by atoms with Gasteiger partial charge in [0.05, 0.1) is 30.0 Å². The van der Waals surface area contributed by atoms with Crippen LogP contribution in [0, 0.1) is 13.8 Å². The van der Waals surface area contributed by atoms with E-state index in [2.05, 4.69) is 29.5 Å². The maximum Gasteiger partial charge on any atom is 0.339 e. The molecule has 2 aromatic carbocycles. The van der Waals surface area contributed by atoms with Crippen molar-refractivity contribution in [1.82, 2.24) is 4.57 Å². The van der Waals surface area contributed by atoms with Crippen molar-refractivity contribution in [3.8, 4) is 11.4 Å². The van der Waals surface area contributed by atoms with Gasteiger partial charge in [0, 0.05) is 28.9 Å². The van der Waals surface area contributed by atoms with Crippen LogP contribution < -0.4 is 4.74 Å². The van der Waals surface area contributed by atoms with Gasteiger partial charge in [0.1, 0.15) is 5.75 Å². The Bertz CT molecular complexity index is 1050. The van der Waals surface area contributed by atoms with Crippen LogP contribution in [0.15, 0.2) is 53.5 Å². The Labute approximate surface area is 175 Å². The Balaban J connectivity index is 1.86. The fraction of sp³-hybridized carbons (Fsp3) is 0.217. The van der Waals surface area contributed by atoms with E-state index in [1.54, 1.807) is 24.4 Å². The summed E-state index contributed by atoms with van der Waals surface area (Å²) in [7, 11) is 1.32. The molecule has 6 heteroatoms. The molecule has 1 aromatic heterocycles. The first-order valence-electron chi connectivity index (χ1n) is 9.28. The van der Waals surface area contributed by atoms with Gasteiger partial charge in [0.25, 0.3) is 0 Å². The van der Waals surface area contributed by atoms with Crippen molar-refractivity contribution in [1.29, 1.82) is 0 Å². The summed E-state index contributed by atoms with van der Waals surface area (Å²) >= 11 is 6.17. The van der Waals surface area contributed by atoms with Gasteiger partial charge in [-0.1, -0.05) is 11.6 Å². The van der Waals surface area contributed by atoms with Crippen LogP contribution in [-0.4, -0.2) is 30.5 Å². The second kappa shape index (κ2) is 8.97. The summed E-state index contributed by atoms with van der Waals surface area (Å²) in [5, 5.41) is 0.311. The van der Waals surface area contributed by atoms with E-state index in [9.17, 15) is 4.79 Å². The van der Waals surface area contributed by atoms with Crippen molar-refractivity contribution in [3.63, 3.8) is 0 Å².